The molecule has 1 fully saturated rings. The molecule has 0 N–H and O–H groups in total. The van der Waals surface area contributed by atoms with Crippen molar-refractivity contribution in [2.45, 2.75) is 38.7 Å². The molecule has 0 spiro atoms. The van der Waals surface area contributed by atoms with Gasteiger partial charge >= 0.3 is 0 Å². The number of morpholine rings is 1. The van der Waals surface area contributed by atoms with Crippen LogP contribution in [0.3, 0.4) is 0 Å². The van der Waals surface area contributed by atoms with Gasteiger partial charge in [0.25, 0.3) is 0 Å². The van der Waals surface area contributed by atoms with E-state index in [0.29, 0.717) is 26.3 Å². The van der Waals surface area contributed by atoms with Crippen LogP contribution in [0.2, 0.25) is 0 Å². The van der Waals surface area contributed by atoms with E-state index in [1.54, 1.807) is 4.90 Å². The molecule has 1 aromatic rings. The van der Waals surface area contributed by atoms with Crippen LogP contribution in [0, 0.1) is 20.8 Å². The lowest BCUT2D eigenvalue weighted by Gasteiger charge is -2.29. The van der Waals surface area contributed by atoms with Crippen LogP contribution in [0.25, 0.3) is 0 Å². The highest BCUT2D eigenvalue weighted by Gasteiger charge is 2.33. The van der Waals surface area contributed by atoms with Crippen molar-refractivity contribution >= 4 is 15.7 Å². The smallest absolute Gasteiger partial charge is 0.240 e. The number of benzene rings is 1. The van der Waals surface area contributed by atoms with Crippen LogP contribution in [0.15, 0.2) is 12.1 Å². The van der Waals surface area contributed by atoms with Crippen molar-refractivity contribution in [1.29, 1.82) is 0 Å². The van der Waals surface area contributed by atoms with Crippen LogP contribution in [0.4, 0.5) is 0 Å². The number of aryl methyl sites for hydroxylation is 3. The third-order valence-electron chi connectivity index (χ3n) is 4.40. The zero-order valence-corrected chi connectivity index (χ0v) is 15.1. The number of sulfone groups is 1. The third-order valence-corrected chi connectivity index (χ3v) is 6.37. The summed E-state index contributed by atoms with van der Waals surface area (Å²) in [7, 11) is -3.55. The van der Waals surface area contributed by atoms with Gasteiger partial charge in [-0.15, -0.1) is 0 Å². The molecular formula is C17H25NO4S. The first-order chi connectivity index (χ1) is 10.7. The van der Waals surface area contributed by atoms with Crippen molar-refractivity contribution < 1.29 is 17.9 Å². The number of rotatable bonds is 4. The maximum absolute atomic E-state index is 12.7. The monoisotopic (exact) mass is 339 g/mol. The normalized spacial score (nSPS) is 17.1. The summed E-state index contributed by atoms with van der Waals surface area (Å²) in [5, 5.41) is -1.03. The van der Waals surface area contributed by atoms with Gasteiger partial charge in [-0.1, -0.05) is 17.7 Å². The maximum Gasteiger partial charge on any atom is 0.240 e. The number of ether oxygens (including phenoxy) is 1. The minimum Gasteiger partial charge on any atom is -0.378 e. The summed E-state index contributed by atoms with van der Waals surface area (Å²) in [6.45, 7) is 9.17. The van der Waals surface area contributed by atoms with Crippen LogP contribution in [-0.2, 0) is 25.1 Å². The van der Waals surface area contributed by atoms with Gasteiger partial charge in [-0.3, -0.25) is 4.79 Å². The standard InChI is InChI=1S/C17H25NO4S/c1-12-9-13(2)16(14(3)10-12)11-23(20,21)15(4)17(19)18-5-7-22-8-6-18/h9-10,15H,5-8,11H2,1-4H3/t15-/m1/s1. The maximum atomic E-state index is 12.7. The Morgan fingerprint density at radius 2 is 1.70 bits per heavy atom. The fourth-order valence-corrected chi connectivity index (χ4v) is 4.52. The summed E-state index contributed by atoms with van der Waals surface area (Å²) in [5.74, 6) is -0.418. The number of hydrogen-bond acceptors (Lipinski definition) is 4. The van der Waals surface area contributed by atoms with E-state index in [1.165, 1.54) is 6.92 Å². The third kappa shape index (κ3) is 4.12. The van der Waals surface area contributed by atoms with Gasteiger partial charge in [0, 0.05) is 13.1 Å². The van der Waals surface area contributed by atoms with Crippen molar-refractivity contribution in [2.24, 2.45) is 0 Å². The Morgan fingerprint density at radius 1 is 1.17 bits per heavy atom. The minimum absolute atomic E-state index is 0.0950. The number of amides is 1. The minimum atomic E-state index is -3.55. The zero-order valence-electron chi connectivity index (χ0n) is 14.3. The molecule has 0 aliphatic carbocycles. The molecule has 1 amide bonds. The Kier molecular flexibility index (Phi) is 5.47. The highest BCUT2D eigenvalue weighted by atomic mass is 32.2. The van der Waals surface area contributed by atoms with Gasteiger partial charge in [0.1, 0.15) is 5.25 Å². The number of carbonyl (C=O) groups is 1. The van der Waals surface area contributed by atoms with Gasteiger partial charge in [0.15, 0.2) is 9.84 Å². The Hall–Kier alpha value is -1.40. The summed E-state index contributed by atoms with van der Waals surface area (Å²) >= 11 is 0. The summed E-state index contributed by atoms with van der Waals surface area (Å²) in [6.07, 6.45) is 0. The Balaban J connectivity index is 2.19. The summed E-state index contributed by atoms with van der Waals surface area (Å²) in [5.41, 5.74) is 3.82. The first kappa shape index (κ1) is 17.9. The zero-order chi connectivity index (χ0) is 17.2. The van der Waals surface area contributed by atoms with Gasteiger partial charge in [-0.05, 0) is 44.4 Å². The molecule has 23 heavy (non-hydrogen) atoms. The Labute approximate surface area is 138 Å². The summed E-state index contributed by atoms with van der Waals surface area (Å²) in [6, 6.07) is 3.96. The first-order valence-electron chi connectivity index (χ1n) is 7.87. The Bertz CT molecular complexity index is 668. The fraction of sp³-hybridized carbons (Fsp3) is 0.588. The van der Waals surface area contributed by atoms with Gasteiger partial charge in [-0.25, -0.2) is 8.42 Å². The van der Waals surface area contributed by atoms with E-state index in [-0.39, 0.29) is 11.7 Å². The number of nitrogens with zero attached hydrogens (tertiary/aromatic N) is 1. The van der Waals surface area contributed by atoms with Crippen molar-refractivity contribution in [3.63, 3.8) is 0 Å². The van der Waals surface area contributed by atoms with E-state index in [2.05, 4.69) is 0 Å². The molecule has 1 aromatic carbocycles. The van der Waals surface area contributed by atoms with Crippen LogP contribution in [0.1, 0.15) is 29.2 Å². The number of carbonyl (C=O) groups excluding carboxylic acids is 1. The summed E-state index contributed by atoms with van der Waals surface area (Å²) in [4.78, 5) is 14.0. The molecule has 0 aromatic heterocycles. The van der Waals surface area contributed by atoms with E-state index < -0.39 is 15.1 Å². The molecule has 0 unspecified atom stereocenters. The molecule has 1 aliphatic rings. The average molecular weight is 339 g/mol. The molecule has 0 bridgehead atoms. The van der Waals surface area contributed by atoms with Gasteiger partial charge in [-0.2, -0.15) is 0 Å². The van der Waals surface area contributed by atoms with Crippen LogP contribution < -0.4 is 0 Å². The average Bonchev–Trinajstić information content (AvgIpc) is 2.50. The number of hydrogen-bond donors (Lipinski definition) is 0. The second-order valence-corrected chi connectivity index (χ2v) is 8.59. The lowest BCUT2D eigenvalue weighted by Crippen LogP contribution is -2.47. The van der Waals surface area contributed by atoms with Crippen LogP contribution >= 0.6 is 0 Å². The fourth-order valence-electron chi connectivity index (χ4n) is 2.96. The second-order valence-electron chi connectivity index (χ2n) is 6.26. The SMILES string of the molecule is Cc1cc(C)c(CS(=O)(=O)[C@H](C)C(=O)N2CCOCC2)c(C)c1. The predicted octanol–water partition coefficient (Wildman–Crippen LogP) is 1.77. The van der Waals surface area contributed by atoms with E-state index in [1.807, 2.05) is 32.9 Å². The first-order valence-corrected chi connectivity index (χ1v) is 9.58. The van der Waals surface area contributed by atoms with E-state index in [0.717, 1.165) is 22.3 Å². The molecule has 2 rings (SSSR count). The molecule has 6 heteroatoms. The summed E-state index contributed by atoms with van der Waals surface area (Å²) < 4.78 is 30.6. The lowest BCUT2D eigenvalue weighted by atomic mass is 10.0. The molecule has 1 aliphatic heterocycles. The van der Waals surface area contributed by atoms with E-state index in [9.17, 15) is 13.2 Å². The predicted molar refractivity (Wildman–Crippen MR) is 90.1 cm³/mol. The topological polar surface area (TPSA) is 63.7 Å². The largest absolute Gasteiger partial charge is 0.378 e. The molecule has 1 heterocycles. The van der Waals surface area contributed by atoms with Crippen LogP contribution in [-0.4, -0.2) is 50.8 Å². The van der Waals surface area contributed by atoms with Crippen molar-refractivity contribution in [3.8, 4) is 0 Å². The van der Waals surface area contributed by atoms with Gasteiger partial charge in [0.2, 0.25) is 5.91 Å². The van der Waals surface area contributed by atoms with Gasteiger partial charge < -0.3 is 9.64 Å². The molecule has 0 radical (unpaired) electrons. The molecule has 1 atom stereocenters. The molecule has 128 valence electrons. The highest BCUT2D eigenvalue weighted by molar-refractivity contribution is 7.92. The molecule has 5 nitrogen and oxygen atoms in total. The van der Waals surface area contributed by atoms with E-state index in [4.69, 9.17) is 4.74 Å². The highest BCUT2D eigenvalue weighted by Crippen LogP contribution is 2.21. The van der Waals surface area contributed by atoms with Crippen molar-refractivity contribution in [1.82, 2.24) is 4.90 Å². The Morgan fingerprint density at radius 3 is 2.22 bits per heavy atom. The lowest BCUT2D eigenvalue weighted by molar-refractivity contribution is -0.134. The van der Waals surface area contributed by atoms with Crippen molar-refractivity contribution in [3.05, 3.63) is 34.4 Å². The van der Waals surface area contributed by atoms with Crippen molar-refractivity contribution in [2.75, 3.05) is 26.3 Å². The quantitative estimate of drug-likeness (QED) is 0.839. The molecular weight excluding hydrogens is 314 g/mol. The molecule has 1 saturated heterocycles. The second kappa shape index (κ2) is 7.01. The van der Waals surface area contributed by atoms with Gasteiger partial charge in [0.05, 0.1) is 19.0 Å². The van der Waals surface area contributed by atoms with Crippen LogP contribution in [0.5, 0.6) is 0 Å². The molecule has 0 saturated carbocycles. The van der Waals surface area contributed by atoms with E-state index >= 15 is 0 Å².